The van der Waals surface area contributed by atoms with Gasteiger partial charge in [-0.1, -0.05) is 90.1 Å². The monoisotopic (exact) mass is 508 g/mol. The Morgan fingerprint density at radius 2 is 1.34 bits per heavy atom. The number of rotatable bonds is 6. The molecule has 0 unspecified atom stereocenters. The van der Waals surface area contributed by atoms with Gasteiger partial charge in [0.2, 0.25) is 0 Å². The van der Waals surface area contributed by atoms with Crippen molar-refractivity contribution >= 4 is 10.9 Å². The van der Waals surface area contributed by atoms with Gasteiger partial charge in [0, 0.05) is 24.2 Å². The van der Waals surface area contributed by atoms with E-state index in [0.717, 1.165) is 25.4 Å². The average Bonchev–Trinajstić information content (AvgIpc) is 3.25. The fourth-order valence-electron chi connectivity index (χ4n) is 5.55. The molecule has 3 aromatic carbocycles. The largest absolute Gasteiger partial charge is 0.489 e. The maximum atomic E-state index is 6.32. The molecule has 3 heteroatoms. The van der Waals surface area contributed by atoms with Gasteiger partial charge in [-0.25, -0.2) is 0 Å². The average molecular weight is 509 g/mol. The Kier molecular flexibility index (Phi) is 7.42. The van der Waals surface area contributed by atoms with E-state index in [-0.39, 0.29) is 10.8 Å². The first-order valence-electron chi connectivity index (χ1n) is 14.2. The predicted octanol–water partition coefficient (Wildman–Crippen LogP) is 8.33. The van der Waals surface area contributed by atoms with Gasteiger partial charge in [0.15, 0.2) is 0 Å². The van der Waals surface area contributed by atoms with Crippen LogP contribution in [0.1, 0.15) is 88.1 Å². The van der Waals surface area contributed by atoms with E-state index in [1.807, 2.05) is 0 Å². The summed E-state index contributed by atoms with van der Waals surface area (Å²) in [6.07, 6.45) is 4.80. The minimum atomic E-state index is 0.162. The van der Waals surface area contributed by atoms with Gasteiger partial charge >= 0.3 is 0 Å². The van der Waals surface area contributed by atoms with Gasteiger partial charge < -0.3 is 14.6 Å². The van der Waals surface area contributed by atoms with Gasteiger partial charge in [-0.15, -0.1) is 0 Å². The Morgan fingerprint density at radius 1 is 0.763 bits per heavy atom. The van der Waals surface area contributed by atoms with Crippen LogP contribution in [0, 0.1) is 0 Å². The Morgan fingerprint density at radius 3 is 1.92 bits per heavy atom. The molecular weight excluding hydrogens is 464 g/mol. The van der Waals surface area contributed by atoms with Crippen molar-refractivity contribution in [3.05, 3.63) is 101 Å². The second-order valence-corrected chi connectivity index (χ2v) is 13.1. The van der Waals surface area contributed by atoms with Gasteiger partial charge in [0.1, 0.15) is 12.4 Å². The van der Waals surface area contributed by atoms with E-state index in [1.54, 1.807) is 0 Å². The molecule has 0 spiro atoms. The molecule has 38 heavy (non-hydrogen) atoms. The topological polar surface area (TPSA) is 26.2 Å². The van der Waals surface area contributed by atoms with Crippen LogP contribution in [-0.2, 0) is 24.0 Å². The van der Waals surface area contributed by atoms with Crippen molar-refractivity contribution in [3.63, 3.8) is 0 Å². The van der Waals surface area contributed by atoms with Crippen molar-refractivity contribution in [1.82, 2.24) is 9.88 Å². The van der Waals surface area contributed by atoms with Crippen molar-refractivity contribution < 1.29 is 4.74 Å². The molecule has 0 saturated carbocycles. The molecule has 2 heterocycles. The summed E-state index contributed by atoms with van der Waals surface area (Å²) in [6, 6.07) is 24.7. The maximum absolute atomic E-state index is 6.32. The third-order valence-corrected chi connectivity index (χ3v) is 8.06. The molecule has 0 radical (unpaired) electrons. The first kappa shape index (κ1) is 26.6. The molecule has 1 fully saturated rings. The van der Waals surface area contributed by atoms with Gasteiger partial charge in [0.05, 0.1) is 5.52 Å². The summed E-state index contributed by atoms with van der Waals surface area (Å²) in [5.74, 6) is 1.54. The van der Waals surface area contributed by atoms with E-state index < -0.39 is 0 Å². The highest BCUT2D eigenvalue weighted by Crippen LogP contribution is 2.35. The second-order valence-electron chi connectivity index (χ2n) is 13.1. The van der Waals surface area contributed by atoms with Gasteiger partial charge in [-0.3, -0.25) is 0 Å². The lowest BCUT2D eigenvalue weighted by Gasteiger charge is -2.22. The minimum absolute atomic E-state index is 0.162. The van der Waals surface area contributed by atoms with Crippen molar-refractivity contribution in [2.75, 3.05) is 13.1 Å². The molecule has 1 aliphatic heterocycles. The maximum Gasteiger partial charge on any atom is 0.121 e. The molecule has 0 amide bonds. The number of ether oxygens (including phenoxy) is 1. The van der Waals surface area contributed by atoms with Crippen LogP contribution >= 0.6 is 0 Å². The molecule has 0 atom stereocenters. The highest BCUT2D eigenvalue weighted by atomic mass is 16.5. The molecule has 4 aromatic rings. The standard InChI is InChI=1S/C35H44N2O/c1-34(2,3)28-11-7-25(8-12-28)22-37-23-32(27-17-19-36-20-18-27)31-16-15-30(21-33(31)37)38-24-26-9-13-29(14-10-26)35(4,5)6/h7-16,21,23,27,36H,17-20,22,24H2,1-6H3. The van der Waals surface area contributed by atoms with Crippen LogP contribution in [0.15, 0.2) is 72.9 Å². The summed E-state index contributed by atoms with van der Waals surface area (Å²) in [5.41, 5.74) is 8.33. The van der Waals surface area contributed by atoms with Crippen molar-refractivity contribution in [2.24, 2.45) is 0 Å². The first-order chi connectivity index (χ1) is 18.1. The Balaban J connectivity index is 1.41. The van der Waals surface area contributed by atoms with Crippen LogP contribution in [-0.4, -0.2) is 17.7 Å². The molecule has 1 aromatic heterocycles. The third kappa shape index (κ3) is 5.99. The van der Waals surface area contributed by atoms with E-state index >= 15 is 0 Å². The molecule has 3 nitrogen and oxygen atoms in total. The number of piperidine rings is 1. The lowest BCUT2D eigenvalue weighted by Crippen LogP contribution is -2.26. The van der Waals surface area contributed by atoms with Gasteiger partial charge in [0.25, 0.3) is 0 Å². The van der Waals surface area contributed by atoms with Crippen molar-refractivity contribution in [2.45, 2.75) is 84.3 Å². The van der Waals surface area contributed by atoms with E-state index in [9.17, 15) is 0 Å². The van der Waals surface area contributed by atoms with Crippen molar-refractivity contribution in [3.8, 4) is 5.75 Å². The Hall–Kier alpha value is -3.04. The molecular formula is C35H44N2O. The van der Waals surface area contributed by atoms with Crippen LogP contribution in [0.3, 0.4) is 0 Å². The summed E-state index contributed by atoms with van der Waals surface area (Å²) in [4.78, 5) is 0. The summed E-state index contributed by atoms with van der Waals surface area (Å²) >= 11 is 0. The zero-order chi connectivity index (χ0) is 26.9. The molecule has 200 valence electrons. The quantitative estimate of drug-likeness (QED) is 0.283. The number of aromatic nitrogens is 1. The molecule has 1 saturated heterocycles. The number of benzene rings is 3. The van der Waals surface area contributed by atoms with Crippen LogP contribution in [0.25, 0.3) is 10.9 Å². The molecule has 0 aliphatic carbocycles. The van der Waals surface area contributed by atoms with Crippen molar-refractivity contribution in [1.29, 1.82) is 0 Å². The highest BCUT2D eigenvalue weighted by Gasteiger charge is 2.21. The molecule has 0 bridgehead atoms. The third-order valence-electron chi connectivity index (χ3n) is 8.06. The van der Waals surface area contributed by atoms with E-state index in [4.69, 9.17) is 4.74 Å². The van der Waals surface area contributed by atoms with E-state index in [2.05, 4.69) is 124 Å². The van der Waals surface area contributed by atoms with Gasteiger partial charge in [-0.05, 0) is 82.6 Å². The zero-order valence-electron chi connectivity index (χ0n) is 24.1. The van der Waals surface area contributed by atoms with Crippen LogP contribution in [0.5, 0.6) is 5.75 Å². The van der Waals surface area contributed by atoms with E-state index in [0.29, 0.717) is 12.5 Å². The fourth-order valence-corrected chi connectivity index (χ4v) is 5.55. The molecule has 5 rings (SSSR count). The normalized spacial score (nSPS) is 15.2. The minimum Gasteiger partial charge on any atom is -0.489 e. The number of nitrogens with zero attached hydrogens (tertiary/aromatic N) is 1. The Labute approximate surface area is 229 Å². The first-order valence-corrected chi connectivity index (χ1v) is 14.2. The van der Waals surface area contributed by atoms with Gasteiger partial charge in [-0.2, -0.15) is 0 Å². The lowest BCUT2D eigenvalue weighted by atomic mass is 9.87. The smallest absolute Gasteiger partial charge is 0.121 e. The van der Waals surface area contributed by atoms with Crippen LogP contribution < -0.4 is 10.1 Å². The zero-order valence-corrected chi connectivity index (χ0v) is 24.1. The van der Waals surface area contributed by atoms with Crippen LogP contribution in [0.2, 0.25) is 0 Å². The second kappa shape index (κ2) is 10.6. The predicted molar refractivity (Wildman–Crippen MR) is 161 cm³/mol. The van der Waals surface area contributed by atoms with E-state index in [1.165, 1.54) is 51.6 Å². The molecule has 1 N–H and O–H groups in total. The SMILES string of the molecule is CC(C)(C)c1ccc(COc2ccc3c(C4CCNCC4)cn(Cc4ccc(C(C)(C)C)cc4)c3c2)cc1. The highest BCUT2D eigenvalue weighted by molar-refractivity contribution is 5.86. The number of hydrogen-bond acceptors (Lipinski definition) is 2. The number of hydrogen-bond donors (Lipinski definition) is 1. The molecule has 1 aliphatic rings. The lowest BCUT2D eigenvalue weighted by molar-refractivity contribution is 0.306. The summed E-state index contributed by atoms with van der Waals surface area (Å²) in [5, 5.41) is 4.89. The number of nitrogens with one attached hydrogen (secondary N) is 1. The number of fused-ring (bicyclic) bond motifs is 1. The Bertz CT molecular complexity index is 1360. The fraction of sp³-hybridized carbons (Fsp3) is 0.429. The van der Waals surface area contributed by atoms with Crippen LogP contribution in [0.4, 0.5) is 0 Å². The summed E-state index contributed by atoms with van der Waals surface area (Å²) in [7, 11) is 0. The summed E-state index contributed by atoms with van der Waals surface area (Å²) in [6.45, 7) is 17.2. The summed E-state index contributed by atoms with van der Waals surface area (Å²) < 4.78 is 8.75.